The van der Waals surface area contributed by atoms with Crippen molar-refractivity contribution >= 4 is 45.1 Å². The molecule has 0 saturated carbocycles. The van der Waals surface area contributed by atoms with Crippen LogP contribution >= 0.6 is 31.9 Å². The molecule has 1 aromatic heterocycles. The van der Waals surface area contributed by atoms with Crippen molar-refractivity contribution in [1.29, 1.82) is 0 Å². The number of hydrogen-bond donors (Lipinski definition) is 0. The van der Waals surface area contributed by atoms with Gasteiger partial charge in [-0.05, 0) is 65.6 Å². The molecule has 0 amide bonds. The molecule has 21 heavy (non-hydrogen) atoms. The minimum Gasteiger partial charge on any atom is -0.398 e. The molecule has 0 aliphatic carbocycles. The second-order valence-electron chi connectivity index (χ2n) is 5.74. The lowest BCUT2D eigenvalue weighted by atomic mass is 9.87. The lowest BCUT2D eigenvalue weighted by Gasteiger charge is -2.32. The highest BCUT2D eigenvalue weighted by Crippen LogP contribution is 2.39. The Morgan fingerprint density at radius 2 is 1.76 bits per heavy atom. The third-order valence-electron chi connectivity index (χ3n) is 3.73. The van der Waals surface area contributed by atoms with E-state index in [1.54, 1.807) is 0 Å². The van der Waals surface area contributed by atoms with Crippen molar-refractivity contribution in [3.8, 4) is 0 Å². The molecule has 1 aliphatic heterocycles. The molecule has 0 spiro atoms. The fourth-order valence-electron chi connectivity index (χ4n) is 1.75. The number of pyridine rings is 1. The van der Waals surface area contributed by atoms with Crippen molar-refractivity contribution in [2.24, 2.45) is 0 Å². The van der Waals surface area contributed by atoms with Gasteiger partial charge in [0.05, 0.1) is 15.7 Å². The molecule has 0 bridgehead atoms. The molecular weight excluding hydrogens is 411 g/mol. The van der Waals surface area contributed by atoms with Gasteiger partial charge in [-0.15, -0.1) is 0 Å². The Morgan fingerprint density at radius 1 is 1.24 bits per heavy atom. The van der Waals surface area contributed by atoms with Gasteiger partial charge in [0, 0.05) is 16.2 Å². The van der Waals surface area contributed by atoms with Crippen LogP contribution in [-0.4, -0.2) is 23.3 Å². The zero-order chi connectivity index (χ0) is 16.0. The van der Waals surface area contributed by atoms with Gasteiger partial charge in [-0.25, -0.2) is 9.37 Å². The molecule has 0 unspecified atom stereocenters. The molecule has 1 aromatic rings. The maximum Gasteiger partial charge on any atom is 0.525 e. The first kappa shape index (κ1) is 17.1. The first-order chi connectivity index (χ1) is 9.55. The molecule has 0 aromatic carbocycles. The van der Waals surface area contributed by atoms with Gasteiger partial charge in [0.25, 0.3) is 0 Å². The Bertz CT molecular complexity index is 592. The van der Waals surface area contributed by atoms with E-state index in [4.69, 9.17) is 9.31 Å². The molecule has 1 fully saturated rings. The maximum absolute atomic E-state index is 14.4. The first-order valence-corrected chi connectivity index (χ1v) is 7.86. The monoisotopic (exact) mass is 423 g/mol. The standard InChI is InChI=1S/C13H14BBr2F2NO2/c1-12(2)13(3,4)21-14(20-12)9(17)5-7-8(15)6-19-11(18)10(7)16/h5-6H,1-4H3. The largest absolute Gasteiger partial charge is 0.525 e. The summed E-state index contributed by atoms with van der Waals surface area (Å²) in [7, 11) is -1.12. The van der Waals surface area contributed by atoms with Gasteiger partial charge in [0.1, 0.15) is 5.73 Å². The van der Waals surface area contributed by atoms with Crippen LogP contribution in [0.15, 0.2) is 20.9 Å². The molecule has 3 nitrogen and oxygen atoms in total. The minimum atomic E-state index is -1.12. The summed E-state index contributed by atoms with van der Waals surface area (Å²) in [6.45, 7) is 7.33. The number of halogens is 4. The van der Waals surface area contributed by atoms with Crippen LogP contribution in [0.3, 0.4) is 0 Å². The summed E-state index contributed by atoms with van der Waals surface area (Å²) >= 11 is 6.26. The average molecular weight is 425 g/mol. The molecule has 0 N–H and O–H groups in total. The molecule has 2 rings (SSSR count). The van der Waals surface area contributed by atoms with Gasteiger partial charge in [-0.1, -0.05) is 0 Å². The Kier molecular flexibility index (Phi) is 4.64. The van der Waals surface area contributed by atoms with Crippen molar-refractivity contribution in [2.75, 3.05) is 0 Å². The van der Waals surface area contributed by atoms with E-state index < -0.39 is 30.0 Å². The van der Waals surface area contributed by atoms with E-state index in [-0.39, 0.29) is 4.47 Å². The fourth-order valence-corrected chi connectivity index (χ4v) is 2.86. The predicted molar refractivity (Wildman–Crippen MR) is 84.8 cm³/mol. The van der Waals surface area contributed by atoms with Gasteiger partial charge < -0.3 is 9.31 Å². The first-order valence-electron chi connectivity index (χ1n) is 6.27. The SMILES string of the molecule is CC1(C)OB(C(F)=Cc2c(Br)cnc(F)c2Br)OC1(C)C. The summed E-state index contributed by atoms with van der Waals surface area (Å²) in [6.07, 6.45) is 2.44. The summed E-state index contributed by atoms with van der Waals surface area (Å²) in [5.41, 5.74) is -1.61. The zero-order valence-electron chi connectivity index (χ0n) is 12.0. The van der Waals surface area contributed by atoms with Crippen molar-refractivity contribution < 1.29 is 18.1 Å². The van der Waals surface area contributed by atoms with Crippen molar-refractivity contribution in [3.05, 3.63) is 32.4 Å². The van der Waals surface area contributed by atoms with Crippen LogP contribution in [0, 0.1) is 5.95 Å². The number of hydrogen-bond acceptors (Lipinski definition) is 3. The molecule has 1 aliphatic rings. The van der Waals surface area contributed by atoms with E-state index in [9.17, 15) is 8.78 Å². The molecule has 8 heteroatoms. The smallest absolute Gasteiger partial charge is 0.398 e. The van der Waals surface area contributed by atoms with Crippen molar-refractivity contribution in [2.45, 2.75) is 38.9 Å². The van der Waals surface area contributed by atoms with Crippen LogP contribution in [0.25, 0.3) is 6.08 Å². The zero-order valence-corrected chi connectivity index (χ0v) is 15.2. The third-order valence-corrected chi connectivity index (χ3v) is 5.11. The number of aromatic nitrogens is 1. The molecule has 0 radical (unpaired) electrons. The lowest BCUT2D eigenvalue weighted by Crippen LogP contribution is -2.41. The minimum absolute atomic E-state index is 0.0727. The highest BCUT2D eigenvalue weighted by atomic mass is 79.9. The summed E-state index contributed by atoms with van der Waals surface area (Å²) < 4.78 is 39.6. The quantitative estimate of drug-likeness (QED) is 0.510. The van der Waals surface area contributed by atoms with Crippen molar-refractivity contribution in [1.82, 2.24) is 4.98 Å². The summed E-state index contributed by atoms with van der Waals surface area (Å²) in [5, 5.41) is 0. The second-order valence-corrected chi connectivity index (χ2v) is 7.39. The lowest BCUT2D eigenvalue weighted by molar-refractivity contribution is 0.00578. The Hall–Kier alpha value is -0.305. The molecule has 1 saturated heterocycles. The van der Waals surface area contributed by atoms with Crippen LogP contribution < -0.4 is 0 Å². The predicted octanol–water partition coefficient (Wildman–Crippen LogP) is 4.69. The number of rotatable bonds is 2. The average Bonchev–Trinajstić information content (AvgIpc) is 2.59. The van der Waals surface area contributed by atoms with E-state index in [1.165, 1.54) is 12.3 Å². The molecule has 2 heterocycles. The van der Waals surface area contributed by atoms with Gasteiger partial charge in [0.2, 0.25) is 5.95 Å². The summed E-state index contributed by atoms with van der Waals surface area (Å²) in [4.78, 5) is 3.52. The molecule has 114 valence electrons. The van der Waals surface area contributed by atoms with Gasteiger partial charge in [0.15, 0.2) is 0 Å². The highest BCUT2D eigenvalue weighted by molar-refractivity contribution is 9.11. The fraction of sp³-hybridized carbons (Fsp3) is 0.462. The van der Waals surface area contributed by atoms with E-state index in [0.717, 1.165) is 0 Å². The van der Waals surface area contributed by atoms with Gasteiger partial charge >= 0.3 is 7.12 Å². The van der Waals surface area contributed by atoms with E-state index in [2.05, 4.69) is 36.8 Å². The Balaban J connectivity index is 2.34. The van der Waals surface area contributed by atoms with Crippen molar-refractivity contribution in [3.63, 3.8) is 0 Å². The van der Waals surface area contributed by atoms with Crippen LogP contribution in [0.4, 0.5) is 8.78 Å². The Labute approximate surface area is 139 Å². The molecule has 0 atom stereocenters. The summed E-state index contributed by atoms with van der Waals surface area (Å²) in [6, 6.07) is 0. The summed E-state index contributed by atoms with van der Waals surface area (Å²) in [5.74, 6) is -0.717. The third kappa shape index (κ3) is 3.23. The van der Waals surface area contributed by atoms with E-state index >= 15 is 0 Å². The van der Waals surface area contributed by atoms with E-state index in [1.807, 2.05) is 27.7 Å². The second kappa shape index (κ2) is 5.72. The van der Waals surface area contributed by atoms with Crippen LogP contribution in [0.1, 0.15) is 33.3 Å². The number of nitrogens with zero attached hydrogens (tertiary/aromatic N) is 1. The Morgan fingerprint density at radius 3 is 2.29 bits per heavy atom. The van der Waals surface area contributed by atoms with Gasteiger partial charge in [-0.3, -0.25) is 0 Å². The van der Waals surface area contributed by atoms with Crippen LogP contribution in [-0.2, 0) is 9.31 Å². The van der Waals surface area contributed by atoms with Gasteiger partial charge in [-0.2, -0.15) is 4.39 Å². The maximum atomic E-state index is 14.4. The topological polar surface area (TPSA) is 31.4 Å². The highest BCUT2D eigenvalue weighted by Gasteiger charge is 2.53. The van der Waals surface area contributed by atoms with Crippen LogP contribution in [0.2, 0.25) is 0 Å². The molecular formula is C13H14BBr2F2NO2. The van der Waals surface area contributed by atoms with Crippen LogP contribution in [0.5, 0.6) is 0 Å². The normalized spacial score (nSPS) is 21.0. The van der Waals surface area contributed by atoms with E-state index in [0.29, 0.717) is 10.0 Å².